The molecule has 0 spiro atoms. The number of nitrogens with zero attached hydrogens (tertiary/aromatic N) is 2. The smallest absolute Gasteiger partial charge is 0.262 e. The fourth-order valence-electron chi connectivity index (χ4n) is 3.83. The fraction of sp³-hybridized carbons (Fsp3) is 0.391. The van der Waals surface area contributed by atoms with E-state index < -0.39 is 0 Å². The van der Waals surface area contributed by atoms with E-state index in [1.54, 1.807) is 6.08 Å². The van der Waals surface area contributed by atoms with Gasteiger partial charge in [0.05, 0.1) is 0 Å². The lowest BCUT2D eigenvalue weighted by atomic mass is 10.1. The minimum Gasteiger partial charge on any atom is -0.349 e. The number of hydrogen-bond donors (Lipinski definition) is 1. The summed E-state index contributed by atoms with van der Waals surface area (Å²) < 4.78 is 2.17. The highest BCUT2D eigenvalue weighted by Gasteiger charge is 2.20. The predicted octanol–water partition coefficient (Wildman–Crippen LogP) is 4.68. The van der Waals surface area contributed by atoms with Crippen LogP contribution in [0.2, 0.25) is 0 Å². The molecule has 1 fully saturated rings. The van der Waals surface area contributed by atoms with Crippen LogP contribution in [0.4, 0.5) is 0 Å². The largest absolute Gasteiger partial charge is 0.349 e. The van der Waals surface area contributed by atoms with Gasteiger partial charge in [0.25, 0.3) is 5.91 Å². The SMILES string of the molecule is Cc1ccc(-n2c(C)cc(/C=C(/C#N)C(=O)NC3CCCC3)c2C)cc1C. The molecule has 1 N–H and O–H groups in total. The number of nitrogens with one attached hydrogen (secondary N) is 1. The van der Waals surface area contributed by atoms with E-state index in [0.717, 1.165) is 48.3 Å². The van der Waals surface area contributed by atoms with Crippen molar-refractivity contribution >= 4 is 12.0 Å². The molecule has 1 heterocycles. The summed E-state index contributed by atoms with van der Waals surface area (Å²) >= 11 is 0. The molecule has 27 heavy (non-hydrogen) atoms. The van der Waals surface area contributed by atoms with Gasteiger partial charge in [0.15, 0.2) is 0 Å². The lowest BCUT2D eigenvalue weighted by Crippen LogP contribution is -2.33. The molecule has 2 aromatic rings. The number of carbonyl (C=O) groups is 1. The van der Waals surface area contributed by atoms with Gasteiger partial charge in [0.1, 0.15) is 11.6 Å². The van der Waals surface area contributed by atoms with Crippen LogP contribution in [0.3, 0.4) is 0 Å². The maximum atomic E-state index is 12.5. The van der Waals surface area contributed by atoms with Crippen molar-refractivity contribution in [2.24, 2.45) is 0 Å². The van der Waals surface area contributed by atoms with Crippen molar-refractivity contribution < 1.29 is 4.79 Å². The van der Waals surface area contributed by atoms with Gasteiger partial charge in [0.2, 0.25) is 0 Å². The minimum absolute atomic E-state index is 0.169. The Balaban J connectivity index is 1.92. The summed E-state index contributed by atoms with van der Waals surface area (Å²) in [5.74, 6) is -0.264. The summed E-state index contributed by atoms with van der Waals surface area (Å²) in [5.41, 5.74) is 6.78. The highest BCUT2D eigenvalue weighted by atomic mass is 16.1. The van der Waals surface area contributed by atoms with Gasteiger partial charge in [-0.15, -0.1) is 0 Å². The van der Waals surface area contributed by atoms with Crippen LogP contribution in [0.5, 0.6) is 0 Å². The second-order valence-corrected chi connectivity index (χ2v) is 7.56. The quantitative estimate of drug-likeness (QED) is 0.635. The van der Waals surface area contributed by atoms with E-state index >= 15 is 0 Å². The summed E-state index contributed by atoms with van der Waals surface area (Å²) in [6.45, 7) is 8.28. The van der Waals surface area contributed by atoms with Crippen LogP contribution in [-0.2, 0) is 4.79 Å². The van der Waals surface area contributed by atoms with Crippen LogP contribution in [-0.4, -0.2) is 16.5 Å². The van der Waals surface area contributed by atoms with Gasteiger partial charge < -0.3 is 9.88 Å². The third kappa shape index (κ3) is 3.98. The first-order valence-electron chi connectivity index (χ1n) is 9.60. The third-order valence-corrected chi connectivity index (χ3v) is 5.57. The zero-order valence-electron chi connectivity index (χ0n) is 16.6. The van der Waals surface area contributed by atoms with E-state index in [4.69, 9.17) is 0 Å². The molecule has 1 saturated carbocycles. The molecule has 1 amide bonds. The first-order valence-corrected chi connectivity index (χ1v) is 9.60. The van der Waals surface area contributed by atoms with E-state index in [1.165, 1.54) is 11.1 Å². The Hall–Kier alpha value is -2.80. The molecule has 1 aromatic heterocycles. The predicted molar refractivity (Wildman–Crippen MR) is 109 cm³/mol. The summed E-state index contributed by atoms with van der Waals surface area (Å²) in [7, 11) is 0. The van der Waals surface area contributed by atoms with Crippen LogP contribution in [0.15, 0.2) is 29.8 Å². The number of carbonyl (C=O) groups excluding carboxylic acids is 1. The molecule has 0 radical (unpaired) electrons. The van der Waals surface area contributed by atoms with Crippen LogP contribution in [0.25, 0.3) is 11.8 Å². The number of amides is 1. The molecule has 4 nitrogen and oxygen atoms in total. The molecule has 1 aliphatic carbocycles. The molecule has 4 heteroatoms. The molecule has 0 saturated heterocycles. The van der Waals surface area contributed by atoms with Crippen molar-refractivity contribution in [3.63, 3.8) is 0 Å². The van der Waals surface area contributed by atoms with Crippen molar-refractivity contribution in [1.82, 2.24) is 9.88 Å². The fourth-order valence-corrected chi connectivity index (χ4v) is 3.83. The normalized spacial score (nSPS) is 15.0. The van der Waals surface area contributed by atoms with Gasteiger partial charge in [-0.1, -0.05) is 18.9 Å². The number of rotatable bonds is 4. The summed E-state index contributed by atoms with van der Waals surface area (Å²) in [4.78, 5) is 12.5. The molecule has 1 aliphatic rings. The van der Waals surface area contributed by atoms with E-state index in [2.05, 4.69) is 48.0 Å². The van der Waals surface area contributed by atoms with Crippen LogP contribution >= 0.6 is 0 Å². The molecule has 140 valence electrons. The van der Waals surface area contributed by atoms with Crippen LogP contribution in [0.1, 0.15) is 53.8 Å². The highest BCUT2D eigenvalue weighted by Crippen LogP contribution is 2.24. The Labute approximate surface area is 161 Å². The van der Waals surface area contributed by atoms with E-state index in [-0.39, 0.29) is 17.5 Å². The molecule has 1 aromatic carbocycles. The molecule has 0 atom stereocenters. The van der Waals surface area contributed by atoms with Gasteiger partial charge in [-0.3, -0.25) is 4.79 Å². The Morgan fingerprint density at radius 3 is 2.48 bits per heavy atom. The second kappa shape index (κ2) is 7.84. The van der Waals surface area contributed by atoms with Crippen molar-refractivity contribution in [1.29, 1.82) is 5.26 Å². The second-order valence-electron chi connectivity index (χ2n) is 7.56. The monoisotopic (exact) mass is 361 g/mol. The van der Waals surface area contributed by atoms with Crippen LogP contribution in [0, 0.1) is 39.0 Å². The average Bonchev–Trinajstić information content (AvgIpc) is 3.23. The maximum absolute atomic E-state index is 12.5. The van der Waals surface area contributed by atoms with Crippen molar-refractivity contribution in [2.45, 2.75) is 59.4 Å². The van der Waals surface area contributed by atoms with Crippen LogP contribution < -0.4 is 5.32 Å². The lowest BCUT2D eigenvalue weighted by molar-refractivity contribution is -0.117. The standard InChI is InChI=1S/C23H27N3O/c1-15-9-10-22(11-16(15)2)26-17(3)12-19(18(26)4)13-20(14-24)23(27)25-21-7-5-6-8-21/h9-13,21H,5-8H2,1-4H3,(H,25,27)/b20-13-. The van der Waals surface area contributed by atoms with Crippen molar-refractivity contribution in [3.8, 4) is 11.8 Å². The van der Waals surface area contributed by atoms with Gasteiger partial charge in [0, 0.05) is 23.1 Å². The number of benzene rings is 1. The third-order valence-electron chi connectivity index (χ3n) is 5.57. The topological polar surface area (TPSA) is 57.8 Å². The molecule has 0 unspecified atom stereocenters. The number of nitriles is 1. The first-order chi connectivity index (χ1) is 12.9. The van der Waals surface area contributed by atoms with Crippen molar-refractivity contribution in [2.75, 3.05) is 0 Å². The molecule has 0 aliphatic heterocycles. The molecule has 3 rings (SSSR count). The Morgan fingerprint density at radius 1 is 1.15 bits per heavy atom. The summed E-state index contributed by atoms with van der Waals surface area (Å²) in [6.07, 6.45) is 6.02. The summed E-state index contributed by atoms with van der Waals surface area (Å²) in [5, 5.41) is 12.5. The van der Waals surface area contributed by atoms with Crippen molar-refractivity contribution in [3.05, 3.63) is 57.9 Å². The Kier molecular flexibility index (Phi) is 5.51. The molecular formula is C23H27N3O. The zero-order valence-corrected chi connectivity index (χ0v) is 16.6. The molecular weight excluding hydrogens is 334 g/mol. The average molecular weight is 361 g/mol. The highest BCUT2D eigenvalue weighted by molar-refractivity contribution is 6.02. The van der Waals surface area contributed by atoms with E-state index in [1.807, 2.05) is 19.9 Å². The Bertz CT molecular complexity index is 937. The number of aromatic nitrogens is 1. The zero-order chi connectivity index (χ0) is 19.6. The number of hydrogen-bond acceptors (Lipinski definition) is 2. The van der Waals surface area contributed by atoms with Gasteiger partial charge in [-0.05, 0) is 81.5 Å². The van der Waals surface area contributed by atoms with E-state index in [9.17, 15) is 10.1 Å². The van der Waals surface area contributed by atoms with Gasteiger partial charge >= 0.3 is 0 Å². The first kappa shape index (κ1) is 19.0. The number of aryl methyl sites for hydroxylation is 3. The molecule has 0 bridgehead atoms. The minimum atomic E-state index is -0.264. The lowest BCUT2D eigenvalue weighted by Gasteiger charge is -2.12. The van der Waals surface area contributed by atoms with Gasteiger partial charge in [-0.2, -0.15) is 5.26 Å². The Morgan fingerprint density at radius 2 is 1.85 bits per heavy atom. The van der Waals surface area contributed by atoms with Gasteiger partial charge in [-0.25, -0.2) is 0 Å². The summed E-state index contributed by atoms with van der Waals surface area (Å²) in [6, 6.07) is 10.7. The maximum Gasteiger partial charge on any atom is 0.262 e. The van der Waals surface area contributed by atoms with E-state index in [0.29, 0.717) is 0 Å².